The number of carboxylic acids is 1. The van der Waals surface area contributed by atoms with Crippen LogP contribution in [-0.4, -0.2) is 25.6 Å². The van der Waals surface area contributed by atoms with E-state index in [0.29, 0.717) is 11.4 Å². The highest BCUT2D eigenvalue weighted by Gasteiger charge is 2.17. The number of carbonyl (C=O) groups is 1. The van der Waals surface area contributed by atoms with Gasteiger partial charge in [-0.3, -0.25) is 4.98 Å². The third-order valence-corrected chi connectivity index (χ3v) is 2.61. The van der Waals surface area contributed by atoms with Crippen LogP contribution in [0.4, 0.5) is 0 Å². The highest BCUT2D eigenvalue weighted by molar-refractivity contribution is 5.93. The van der Waals surface area contributed by atoms with Crippen LogP contribution in [-0.2, 0) is 0 Å². The molecule has 0 bridgehead atoms. The van der Waals surface area contributed by atoms with Crippen LogP contribution in [0.1, 0.15) is 27.6 Å². The van der Waals surface area contributed by atoms with Gasteiger partial charge in [-0.15, -0.1) is 0 Å². The van der Waals surface area contributed by atoms with E-state index in [2.05, 4.69) is 9.97 Å². The van der Waals surface area contributed by atoms with E-state index in [0.717, 1.165) is 11.5 Å². The number of hydrogen-bond acceptors (Lipinski definition) is 3. The monoisotopic (exact) mass is 231 g/mol. The van der Waals surface area contributed by atoms with E-state index in [4.69, 9.17) is 0 Å². The second-order valence-corrected chi connectivity index (χ2v) is 3.89. The first kappa shape index (κ1) is 11.3. The molecule has 0 spiro atoms. The number of aromatic nitrogens is 3. The summed E-state index contributed by atoms with van der Waals surface area (Å²) in [6.45, 7) is 5.37. The van der Waals surface area contributed by atoms with Crippen molar-refractivity contribution in [3.05, 3.63) is 41.2 Å². The van der Waals surface area contributed by atoms with E-state index in [9.17, 15) is 9.90 Å². The zero-order chi connectivity index (χ0) is 12.6. The first-order valence-electron chi connectivity index (χ1n) is 5.22. The average Bonchev–Trinajstić information content (AvgIpc) is 2.62. The van der Waals surface area contributed by atoms with Crippen LogP contribution in [0.15, 0.2) is 18.5 Å². The second-order valence-electron chi connectivity index (χ2n) is 3.89. The van der Waals surface area contributed by atoms with Gasteiger partial charge in [0.25, 0.3) is 0 Å². The Bertz CT molecular complexity index is 587. The molecule has 5 nitrogen and oxygen atoms in total. The van der Waals surface area contributed by atoms with Gasteiger partial charge in [0.15, 0.2) is 0 Å². The summed E-state index contributed by atoms with van der Waals surface area (Å²) in [6.07, 6.45) is 3.39. The summed E-state index contributed by atoms with van der Waals surface area (Å²) in [5.41, 5.74) is 2.13. The lowest BCUT2D eigenvalue weighted by molar-refractivity contribution is 0.0695. The molecule has 0 saturated heterocycles. The van der Waals surface area contributed by atoms with Crippen LogP contribution in [0, 0.1) is 20.8 Å². The largest absolute Gasteiger partial charge is 0.478 e. The van der Waals surface area contributed by atoms with Gasteiger partial charge >= 0.3 is 5.97 Å². The molecule has 88 valence electrons. The minimum Gasteiger partial charge on any atom is -0.478 e. The minimum atomic E-state index is -0.974. The third-order valence-electron chi connectivity index (χ3n) is 2.61. The Hall–Kier alpha value is -2.17. The van der Waals surface area contributed by atoms with Crippen LogP contribution in [0.3, 0.4) is 0 Å². The Balaban J connectivity index is 2.76. The van der Waals surface area contributed by atoms with Crippen LogP contribution < -0.4 is 0 Å². The number of hydrogen-bond donors (Lipinski definition) is 1. The van der Waals surface area contributed by atoms with Crippen LogP contribution in [0.5, 0.6) is 0 Å². The number of carboxylic acid groups (broad SMARTS) is 1. The smallest absolute Gasteiger partial charge is 0.339 e. The number of rotatable bonds is 2. The van der Waals surface area contributed by atoms with E-state index in [1.165, 1.54) is 0 Å². The van der Waals surface area contributed by atoms with Crippen molar-refractivity contribution >= 4 is 5.97 Å². The van der Waals surface area contributed by atoms with Crippen LogP contribution in [0.25, 0.3) is 5.69 Å². The van der Waals surface area contributed by atoms with Gasteiger partial charge in [0, 0.05) is 18.1 Å². The molecular weight excluding hydrogens is 218 g/mol. The standard InChI is InChI=1S/C12H13N3O2/c1-7-6-10(15-5-4-13-9(15)3)11(12(16)17)8(2)14-7/h4-6H,1-3H3,(H,16,17). The van der Waals surface area contributed by atoms with Gasteiger partial charge in [-0.2, -0.15) is 0 Å². The molecule has 5 heteroatoms. The predicted octanol–water partition coefficient (Wildman–Crippen LogP) is 1.89. The van der Waals surface area contributed by atoms with Crippen molar-refractivity contribution in [1.82, 2.24) is 14.5 Å². The van der Waals surface area contributed by atoms with Crippen molar-refractivity contribution in [1.29, 1.82) is 0 Å². The topological polar surface area (TPSA) is 68.0 Å². The third kappa shape index (κ3) is 1.91. The molecule has 2 rings (SSSR count). The summed E-state index contributed by atoms with van der Waals surface area (Å²) in [7, 11) is 0. The fraction of sp³-hybridized carbons (Fsp3) is 0.250. The van der Waals surface area contributed by atoms with Crippen molar-refractivity contribution in [2.75, 3.05) is 0 Å². The molecule has 0 atom stereocenters. The van der Waals surface area contributed by atoms with Gasteiger partial charge in [0.2, 0.25) is 0 Å². The zero-order valence-electron chi connectivity index (χ0n) is 9.93. The molecule has 0 amide bonds. The molecule has 0 saturated carbocycles. The second kappa shape index (κ2) is 4.01. The average molecular weight is 231 g/mol. The van der Waals surface area contributed by atoms with E-state index in [-0.39, 0.29) is 5.56 Å². The summed E-state index contributed by atoms with van der Waals surface area (Å²) in [5, 5.41) is 9.25. The number of nitrogens with zero attached hydrogens (tertiary/aromatic N) is 3. The van der Waals surface area contributed by atoms with Crippen molar-refractivity contribution in [3.8, 4) is 5.69 Å². The van der Waals surface area contributed by atoms with Crippen LogP contribution >= 0.6 is 0 Å². The van der Waals surface area contributed by atoms with Gasteiger partial charge in [-0.1, -0.05) is 0 Å². The molecule has 0 aliphatic carbocycles. The summed E-state index contributed by atoms with van der Waals surface area (Å²) >= 11 is 0. The number of pyridine rings is 1. The first-order valence-corrected chi connectivity index (χ1v) is 5.22. The van der Waals surface area contributed by atoms with Gasteiger partial charge in [-0.25, -0.2) is 9.78 Å². The Morgan fingerprint density at radius 3 is 2.59 bits per heavy atom. The van der Waals surface area contributed by atoms with Gasteiger partial charge in [0.1, 0.15) is 11.4 Å². The maximum absolute atomic E-state index is 11.3. The molecule has 2 aromatic rings. The Kier molecular flexibility index (Phi) is 2.67. The summed E-state index contributed by atoms with van der Waals surface area (Å²) < 4.78 is 1.76. The Labute approximate surface area is 98.8 Å². The lowest BCUT2D eigenvalue weighted by Crippen LogP contribution is -2.10. The number of aryl methyl sites for hydroxylation is 3. The van der Waals surface area contributed by atoms with Crippen molar-refractivity contribution in [2.45, 2.75) is 20.8 Å². The molecule has 17 heavy (non-hydrogen) atoms. The maximum atomic E-state index is 11.3. The summed E-state index contributed by atoms with van der Waals surface area (Å²) in [4.78, 5) is 19.6. The highest BCUT2D eigenvalue weighted by atomic mass is 16.4. The van der Waals surface area contributed by atoms with Gasteiger partial charge < -0.3 is 9.67 Å². The van der Waals surface area contributed by atoms with Crippen molar-refractivity contribution in [2.24, 2.45) is 0 Å². The number of imidazole rings is 1. The van der Waals surface area contributed by atoms with E-state index in [1.54, 1.807) is 30.0 Å². The summed E-state index contributed by atoms with van der Waals surface area (Å²) in [5.74, 6) is -0.226. The summed E-state index contributed by atoms with van der Waals surface area (Å²) in [6, 6.07) is 1.76. The SMILES string of the molecule is Cc1cc(-n2ccnc2C)c(C(=O)O)c(C)n1. The molecule has 2 heterocycles. The molecule has 0 aliphatic rings. The predicted molar refractivity (Wildman–Crippen MR) is 62.5 cm³/mol. The fourth-order valence-electron chi connectivity index (χ4n) is 1.89. The van der Waals surface area contributed by atoms with Gasteiger partial charge in [-0.05, 0) is 26.8 Å². The van der Waals surface area contributed by atoms with Crippen LogP contribution in [0.2, 0.25) is 0 Å². The van der Waals surface area contributed by atoms with E-state index < -0.39 is 5.97 Å². The lowest BCUT2D eigenvalue weighted by atomic mass is 10.1. The first-order chi connectivity index (χ1) is 8.00. The molecule has 0 fully saturated rings. The van der Waals surface area contributed by atoms with Crippen molar-refractivity contribution < 1.29 is 9.90 Å². The molecule has 0 radical (unpaired) electrons. The Morgan fingerprint density at radius 2 is 2.06 bits per heavy atom. The van der Waals surface area contributed by atoms with E-state index >= 15 is 0 Å². The van der Waals surface area contributed by atoms with E-state index in [1.807, 2.05) is 13.8 Å². The highest BCUT2D eigenvalue weighted by Crippen LogP contribution is 2.20. The fourth-order valence-corrected chi connectivity index (χ4v) is 1.89. The van der Waals surface area contributed by atoms with Gasteiger partial charge in [0.05, 0.1) is 11.4 Å². The molecule has 1 N–H and O–H groups in total. The lowest BCUT2D eigenvalue weighted by Gasteiger charge is -2.12. The molecular formula is C12H13N3O2. The molecule has 0 aromatic carbocycles. The normalized spacial score (nSPS) is 10.5. The zero-order valence-corrected chi connectivity index (χ0v) is 9.93. The minimum absolute atomic E-state index is 0.219. The number of aromatic carboxylic acids is 1. The van der Waals surface area contributed by atoms with Crippen molar-refractivity contribution in [3.63, 3.8) is 0 Å². The molecule has 2 aromatic heterocycles. The molecule has 0 unspecified atom stereocenters. The quantitative estimate of drug-likeness (QED) is 0.857. The maximum Gasteiger partial charge on any atom is 0.339 e. The molecule has 0 aliphatic heterocycles. The Morgan fingerprint density at radius 1 is 1.35 bits per heavy atom.